The summed E-state index contributed by atoms with van der Waals surface area (Å²) >= 11 is 0. The van der Waals surface area contributed by atoms with Crippen molar-refractivity contribution < 1.29 is 9.90 Å². The molecule has 5 nitrogen and oxygen atoms in total. The summed E-state index contributed by atoms with van der Waals surface area (Å²) in [7, 11) is 0. The van der Waals surface area contributed by atoms with Gasteiger partial charge in [0.2, 0.25) is 0 Å². The monoisotopic (exact) mass is 155 g/mol. The Hall–Kier alpha value is -1.36. The zero-order valence-electron chi connectivity index (χ0n) is 5.84. The Labute approximate surface area is 63.4 Å². The molecule has 0 fully saturated rings. The number of nitrogens with two attached hydrogens (primary N) is 1. The fourth-order valence-electron chi connectivity index (χ4n) is 0.688. The van der Waals surface area contributed by atoms with E-state index in [1.54, 1.807) is 18.5 Å². The molecule has 0 radical (unpaired) electrons. The first-order chi connectivity index (χ1) is 5.20. The van der Waals surface area contributed by atoms with E-state index in [-0.39, 0.29) is 6.54 Å². The van der Waals surface area contributed by atoms with Gasteiger partial charge in [0.25, 0.3) is 0 Å². The summed E-state index contributed by atoms with van der Waals surface area (Å²) in [5, 5.41) is 12.2. The van der Waals surface area contributed by atoms with E-state index in [4.69, 9.17) is 10.8 Å². The minimum Gasteiger partial charge on any atom is -0.480 e. The molecule has 60 valence electrons. The van der Waals surface area contributed by atoms with Crippen LogP contribution in [0.3, 0.4) is 0 Å². The van der Waals surface area contributed by atoms with Gasteiger partial charge in [-0.2, -0.15) is 5.10 Å². The number of rotatable bonds is 3. The zero-order valence-corrected chi connectivity index (χ0v) is 5.84. The van der Waals surface area contributed by atoms with Crippen LogP contribution in [0, 0.1) is 0 Å². The second-order valence-corrected chi connectivity index (χ2v) is 2.17. The molecule has 1 atom stereocenters. The number of nitrogens with zero attached hydrogens (tertiary/aromatic N) is 2. The van der Waals surface area contributed by atoms with Gasteiger partial charge in [0.05, 0.1) is 6.54 Å². The Kier molecular flexibility index (Phi) is 2.22. The summed E-state index contributed by atoms with van der Waals surface area (Å²) in [5.74, 6) is -1.01. The molecule has 1 unspecified atom stereocenters. The van der Waals surface area contributed by atoms with Crippen molar-refractivity contribution in [3.8, 4) is 0 Å². The summed E-state index contributed by atoms with van der Waals surface area (Å²) in [6.07, 6.45) is 3.25. The Morgan fingerprint density at radius 1 is 1.82 bits per heavy atom. The molecular formula is C6H9N3O2. The predicted molar refractivity (Wildman–Crippen MR) is 37.8 cm³/mol. The molecule has 0 aliphatic carbocycles. The molecule has 0 aliphatic rings. The van der Waals surface area contributed by atoms with Gasteiger partial charge in [0.1, 0.15) is 6.04 Å². The van der Waals surface area contributed by atoms with Crippen LogP contribution in [-0.2, 0) is 11.3 Å². The number of carboxylic acids is 1. The third-order valence-corrected chi connectivity index (χ3v) is 1.26. The van der Waals surface area contributed by atoms with Crippen molar-refractivity contribution >= 4 is 5.97 Å². The molecule has 11 heavy (non-hydrogen) atoms. The van der Waals surface area contributed by atoms with Crippen LogP contribution in [0.5, 0.6) is 0 Å². The lowest BCUT2D eigenvalue weighted by Gasteiger charge is -2.04. The number of carbonyl (C=O) groups is 1. The number of hydrogen-bond donors (Lipinski definition) is 2. The van der Waals surface area contributed by atoms with Crippen LogP contribution in [0.2, 0.25) is 0 Å². The van der Waals surface area contributed by atoms with Gasteiger partial charge in [-0.25, -0.2) is 0 Å². The quantitative estimate of drug-likeness (QED) is 0.604. The zero-order chi connectivity index (χ0) is 8.27. The van der Waals surface area contributed by atoms with Gasteiger partial charge in [-0.3, -0.25) is 9.48 Å². The SMILES string of the molecule is NC(Cn1cccn1)C(=O)O. The van der Waals surface area contributed by atoms with E-state index in [0.717, 1.165) is 0 Å². The van der Waals surface area contributed by atoms with E-state index in [0.29, 0.717) is 0 Å². The summed E-state index contributed by atoms with van der Waals surface area (Å²) in [6.45, 7) is 0.211. The van der Waals surface area contributed by atoms with Gasteiger partial charge in [0, 0.05) is 12.4 Å². The number of carboxylic acid groups (broad SMARTS) is 1. The van der Waals surface area contributed by atoms with Gasteiger partial charge in [-0.05, 0) is 6.07 Å². The standard InChI is InChI=1S/C6H9N3O2/c7-5(6(10)11)4-9-3-1-2-8-9/h1-3,5H,4,7H2,(H,10,11). The van der Waals surface area contributed by atoms with E-state index in [9.17, 15) is 4.79 Å². The Morgan fingerprint density at radius 2 is 2.55 bits per heavy atom. The van der Waals surface area contributed by atoms with Crippen molar-refractivity contribution in [2.75, 3.05) is 0 Å². The van der Waals surface area contributed by atoms with E-state index >= 15 is 0 Å². The number of aliphatic carboxylic acids is 1. The molecule has 1 heterocycles. The van der Waals surface area contributed by atoms with E-state index in [2.05, 4.69) is 5.10 Å². The Balaban J connectivity index is 2.50. The molecule has 0 aromatic carbocycles. The van der Waals surface area contributed by atoms with Crippen molar-refractivity contribution in [2.45, 2.75) is 12.6 Å². The van der Waals surface area contributed by atoms with Crippen LogP contribution < -0.4 is 5.73 Å². The van der Waals surface area contributed by atoms with E-state index in [1.165, 1.54) is 4.68 Å². The Bertz CT molecular complexity index is 232. The lowest BCUT2D eigenvalue weighted by molar-refractivity contribution is -0.138. The normalized spacial score (nSPS) is 12.8. The number of hydrogen-bond acceptors (Lipinski definition) is 3. The molecule has 1 rings (SSSR count). The van der Waals surface area contributed by atoms with Crippen LogP contribution in [-0.4, -0.2) is 26.9 Å². The molecule has 0 saturated heterocycles. The highest BCUT2D eigenvalue weighted by molar-refractivity contribution is 5.72. The fourth-order valence-corrected chi connectivity index (χ4v) is 0.688. The maximum atomic E-state index is 10.3. The average Bonchev–Trinajstić information content (AvgIpc) is 2.39. The lowest BCUT2D eigenvalue weighted by atomic mass is 10.3. The lowest BCUT2D eigenvalue weighted by Crippen LogP contribution is -2.34. The summed E-state index contributed by atoms with van der Waals surface area (Å²) in [6, 6.07) is 0.837. The fraction of sp³-hybridized carbons (Fsp3) is 0.333. The van der Waals surface area contributed by atoms with Crippen LogP contribution in [0.4, 0.5) is 0 Å². The molecule has 0 bridgehead atoms. The molecule has 3 N–H and O–H groups in total. The average molecular weight is 155 g/mol. The van der Waals surface area contributed by atoms with Crippen molar-refractivity contribution in [2.24, 2.45) is 5.73 Å². The first kappa shape index (κ1) is 7.74. The van der Waals surface area contributed by atoms with E-state index < -0.39 is 12.0 Å². The third-order valence-electron chi connectivity index (χ3n) is 1.26. The second-order valence-electron chi connectivity index (χ2n) is 2.17. The topological polar surface area (TPSA) is 81.1 Å². The minimum absolute atomic E-state index is 0.211. The van der Waals surface area contributed by atoms with Gasteiger partial charge in [-0.15, -0.1) is 0 Å². The molecule has 0 amide bonds. The maximum absolute atomic E-state index is 10.3. The molecular weight excluding hydrogens is 146 g/mol. The molecule has 1 aromatic rings. The second kappa shape index (κ2) is 3.16. The van der Waals surface area contributed by atoms with Gasteiger partial charge >= 0.3 is 5.97 Å². The summed E-state index contributed by atoms with van der Waals surface area (Å²) in [5.41, 5.74) is 5.25. The number of aromatic nitrogens is 2. The maximum Gasteiger partial charge on any atom is 0.322 e. The highest BCUT2D eigenvalue weighted by Crippen LogP contribution is 1.87. The van der Waals surface area contributed by atoms with Crippen molar-refractivity contribution in [1.82, 2.24) is 9.78 Å². The van der Waals surface area contributed by atoms with Crippen molar-refractivity contribution in [1.29, 1.82) is 0 Å². The first-order valence-electron chi connectivity index (χ1n) is 3.16. The summed E-state index contributed by atoms with van der Waals surface area (Å²) < 4.78 is 1.48. The minimum atomic E-state index is -1.01. The smallest absolute Gasteiger partial charge is 0.322 e. The van der Waals surface area contributed by atoms with Crippen LogP contribution in [0.25, 0.3) is 0 Å². The largest absolute Gasteiger partial charge is 0.480 e. The molecule has 0 aliphatic heterocycles. The molecule has 0 saturated carbocycles. The molecule has 1 aromatic heterocycles. The van der Waals surface area contributed by atoms with Crippen molar-refractivity contribution in [3.05, 3.63) is 18.5 Å². The van der Waals surface area contributed by atoms with Crippen LogP contribution in [0.15, 0.2) is 18.5 Å². The van der Waals surface area contributed by atoms with E-state index in [1.807, 2.05) is 0 Å². The third kappa shape index (κ3) is 2.05. The van der Waals surface area contributed by atoms with Gasteiger partial charge in [-0.1, -0.05) is 0 Å². The molecule has 0 spiro atoms. The van der Waals surface area contributed by atoms with Crippen LogP contribution >= 0.6 is 0 Å². The van der Waals surface area contributed by atoms with Crippen LogP contribution in [0.1, 0.15) is 0 Å². The predicted octanol–water partition coefficient (Wildman–Crippen LogP) is -0.705. The van der Waals surface area contributed by atoms with Gasteiger partial charge in [0.15, 0.2) is 0 Å². The highest BCUT2D eigenvalue weighted by atomic mass is 16.4. The first-order valence-corrected chi connectivity index (χ1v) is 3.16. The Morgan fingerprint density at radius 3 is 3.00 bits per heavy atom. The highest BCUT2D eigenvalue weighted by Gasteiger charge is 2.11. The van der Waals surface area contributed by atoms with Gasteiger partial charge < -0.3 is 10.8 Å². The molecule has 5 heteroatoms. The summed E-state index contributed by atoms with van der Waals surface area (Å²) in [4.78, 5) is 10.3. The van der Waals surface area contributed by atoms with Crippen molar-refractivity contribution in [3.63, 3.8) is 0 Å².